The zero-order valence-electron chi connectivity index (χ0n) is 29.8. The number of hydrogen-bond acceptors (Lipinski definition) is 8. The third-order valence-corrected chi connectivity index (χ3v) is 9.75. The standard InChI is InChI=1S/C39H46N4O7/c1-21(2)16-33(39(46)43-15-14-31-28(20-43)26-18-24(47-4)9-12-30(26)41-31)42-32-13-10-25-27(19-34(32)45)29(40-22(3)44)11-8-23-17-35(48-5)37(49-6)38(50-7)36(23)25/h9-10,12-13,17-19,21,29,33,41H,8,11,14-16,20H2,1-7H3,(H,40,44)(H,42,45)/t29-,33-/m0/s1. The maximum atomic E-state index is 14.3. The molecule has 264 valence electrons. The fourth-order valence-electron chi connectivity index (χ4n) is 7.44. The van der Waals surface area contributed by atoms with Crippen LogP contribution in [0, 0.1) is 5.92 Å². The van der Waals surface area contributed by atoms with E-state index in [0.717, 1.165) is 44.6 Å². The van der Waals surface area contributed by atoms with Crippen molar-refractivity contribution < 1.29 is 28.5 Å². The van der Waals surface area contributed by atoms with Crippen LogP contribution in [0.1, 0.15) is 62.0 Å². The number of methoxy groups -OCH3 is 4. The van der Waals surface area contributed by atoms with Crippen LogP contribution >= 0.6 is 0 Å². The van der Waals surface area contributed by atoms with E-state index in [9.17, 15) is 14.4 Å². The lowest BCUT2D eigenvalue weighted by molar-refractivity contribution is -0.133. The molecule has 0 saturated carbocycles. The number of amides is 2. The van der Waals surface area contributed by atoms with E-state index in [1.807, 2.05) is 35.2 Å². The van der Waals surface area contributed by atoms with Crippen molar-refractivity contribution in [2.75, 3.05) is 40.3 Å². The lowest BCUT2D eigenvalue weighted by atomic mass is 9.95. The predicted octanol–water partition coefficient (Wildman–Crippen LogP) is 5.76. The van der Waals surface area contributed by atoms with E-state index in [0.29, 0.717) is 67.3 Å². The summed E-state index contributed by atoms with van der Waals surface area (Å²) in [7, 11) is 6.34. The Morgan fingerprint density at radius 3 is 2.42 bits per heavy atom. The highest BCUT2D eigenvalue weighted by molar-refractivity contribution is 5.89. The first-order valence-electron chi connectivity index (χ1n) is 17.1. The first-order chi connectivity index (χ1) is 24.1. The van der Waals surface area contributed by atoms with Crippen molar-refractivity contribution in [2.45, 2.75) is 65.1 Å². The number of anilines is 1. The summed E-state index contributed by atoms with van der Waals surface area (Å²) >= 11 is 0. The number of carbonyl (C=O) groups is 2. The summed E-state index contributed by atoms with van der Waals surface area (Å²) in [6.45, 7) is 6.62. The number of aromatic amines is 1. The largest absolute Gasteiger partial charge is 0.497 e. The van der Waals surface area contributed by atoms with E-state index in [4.69, 9.17) is 18.9 Å². The van der Waals surface area contributed by atoms with Gasteiger partial charge in [0.1, 0.15) is 11.8 Å². The molecule has 2 atom stereocenters. The third-order valence-electron chi connectivity index (χ3n) is 9.75. The molecule has 1 aromatic heterocycles. The molecule has 11 heteroatoms. The van der Waals surface area contributed by atoms with Crippen LogP contribution in [0.15, 0.2) is 47.3 Å². The fraction of sp³-hybridized carbons (Fsp3) is 0.410. The summed E-state index contributed by atoms with van der Waals surface area (Å²) in [5, 5.41) is 7.45. The number of ether oxygens (including phenoxy) is 4. The van der Waals surface area contributed by atoms with E-state index in [1.54, 1.807) is 40.6 Å². The lowest BCUT2D eigenvalue weighted by Gasteiger charge is -2.32. The molecule has 3 N–H and O–H groups in total. The summed E-state index contributed by atoms with van der Waals surface area (Å²) in [5.41, 5.74) is 6.34. The number of nitrogens with one attached hydrogen (secondary N) is 3. The number of benzene rings is 2. The van der Waals surface area contributed by atoms with Gasteiger partial charge in [-0.25, -0.2) is 0 Å². The van der Waals surface area contributed by atoms with Crippen LogP contribution < -0.4 is 35.0 Å². The average molecular weight is 683 g/mol. The molecule has 3 aromatic carbocycles. The van der Waals surface area contributed by atoms with Gasteiger partial charge in [0.05, 0.1) is 40.2 Å². The Bertz CT molecular complexity index is 2000. The number of hydrogen-bond donors (Lipinski definition) is 3. The van der Waals surface area contributed by atoms with Crippen molar-refractivity contribution in [3.63, 3.8) is 0 Å². The van der Waals surface area contributed by atoms with Crippen molar-refractivity contribution in [1.82, 2.24) is 15.2 Å². The Morgan fingerprint density at radius 2 is 1.74 bits per heavy atom. The number of nitrogens with zero attached hydrogens (tertiary/aromatic N) is 1. The minimum Gasteiger partial charge on any atom is -0.497 e. The number of aryl methyl sites for hydroxylation is 1. The fourth-order valence-corrected chi connectivity index (χ4v) is 7.44. The SMILES string of the molecule is COc1ccc2[nH]c3c(c2c1)CN(C(=O)[C@H](CC(C)C)Nc1ccc2c(cc1=O)[C@@H](NC(C)=O)CCc1cc(OC)c(OC)c(OC)c1-2)CC3. The predicted molar refractivity (Wildman–Crippen MR) is 194 cm³/mol. The molecule has 2 aliphatic rings. The van der Waals surface area contributed by atoms with E-state index in [-0.39, 0.29) is 23.2 Å². The van der Waals surface area contributed by atoms with Crippen molar-refractivity contribution in [1.29, 1.82) is 0 Å². The molecule has 6 rings (SSSR count). The molecule has 50 heavy (non-hydrogen) atoms. The van der Waals surface area contributed by atoms with Gasteiger partial charge in [-0.3, -0.25) is 14.4 Å². The highest BCUT2D eigenvalue weighted by Gasteiger charge is 2.32. The van der Waals surface area contributed by atoms with Gasteiger partial charge in [0.2, 0.25) is 23.0 Å². The molecular formula is C39H46N4O7. The van der Waals surface area contributed by atoms with E-state index in [1.165, 1.54) is 6.92 Å². The average Bonchev–Trinajstić information content (AvgIpc) is 3.31. The van der Waals surface area contributed by atoms with Crippen LogP contribution in [0.25, 0.3) is 22.0 Å². The number of carbonyl (C=O) groups excluding carboxylic acids is 2. The van der Waals surface area contributed by atoms with Crippen molar-refractivity contribution in [2.24, 2.45) is 5.92 Å². The Balaban J connectivity index is 1.40. The van der Waals surface area contributed by atoms with Crippen molar-refractivity contribution in [3.8, 4) is 34.1 Å². The van der Waals surface area contributed by atoms with Gasteiger partial charge in [-0.2, -0.15) is 0 Å². The van der Waals surface area contributed by atoms with E-state index < -0.39 is 12.1 Å². The smallest absolute Gasteiger partial charge is 0.245 e. The zero-order valence-corrected chi connectivity index (χ0v) is 29.8. The molecule has 0 spiro atoms. The molecule has 0 fully saturated rings. The van der Waals surface area contributed by atoms with Gasteiger partial charge in [-0.1, -0.05) is 19.9 Å². The molecule has 0 saturated heterocycles. The molecule has 1 aliphatic carbocycles. The maximum absolute atomic E-state index is 14.3. The monoisotopic (exact) mass is 682 g/mol. The van der Waals surface area contributed by atoms with Gasteiger partial charge in [0.15, 0.2) is 11.5 Å². The maximum Gasteiger partial charge on any atom is 0.245 e. The number of fused-ring (bicyclic) bond motifs is 6. The van der Waals surface area contributed by atoms with Crippen molar-refractivity contribution in [3.05, 3.63) is 75.1 Å². The van der Waals surface area contributed by atoms with E-state index >= 15 is 0 Å². The molecule has 0 unspecified atom stereocenters. The Hall–Kier alpha value is -5.19. The van der Waals surface area contributed by atoms with E-state index in [2.05, 4.69) is 29.5 Å². The number of rotatable bonds is 10. The topological polar surface area (TPSA) is 131 Å². The normalized spacial score (nSPS) is 15.7. The number of aromatic nitrogens is 1. The Kier molecular flexibility index (Phi) is 9.95. The van der Waals surface area contributed by atoms with Crippen LogP contribution in [0.2, 0.25) is 0 Å². The van der Waals surface area contributed by atoms with Crippen LogP contribution in [-0.4, -0.2) is 62.7 Å². The molecule has 11 nitrogen and oxygen atoms in total. The first-order valence-corrected chi connectivity index (χ1v) is 17.1. The molecular weight excluding hydrogens is 636 g/mol. The van der Waals surface area contributed by atoms with Crippen molar-refractivity contribution >= 4 is 28.4 Å². The Labute approximate surface area is 292 Å². The van der Waals surface area contributed by atoms with Gasteiger partial charge in [0, 0.05) is 54.2 Å². The molecule has 4 aromatic rings. The highest BCUT2D eigenvalue weighted by Crippen LogP contribution is 2.50. The molecule has 2 heterocycles. The van der Waals surface area contributed by atoms with Gasteiger partial charge >= 0.3 is 0 Å². The van der Waals surface area contributed by atoms with Crippen LogP contribution in [0.3, 0.4) is 0 Å². The molecule has 0 radical (unpaired) electrons. The minimum absolute atomic E-state index is 0.0611. The minimum atomic E-state index is -0.636. The second-order valence-electron chi connectivity index (χ2n) is 13.4. The highest BCUT2D eigenvalue weighted by atomic mass is 16.5. The molecule has 1 aliphatic heterocycles. The summed E-state index contributed by atoms with van der Waals surface area (Å²) in [4.78, 5) is 46.2. The molecule has 2 amide bonds. The van der Waals surface area contributed by atoms with Gasteiger partial charge in [0.25, 0.3) is 0 Å². The van der Waals surface area contributed by atoms with Crippen LogP contribution in [0.4, 0.5) is 5.69 Å². The van der Waals surface area contributed by atoms with Crippen LogP contribution in [0.5, 0.6) is 23.0 Å². The quantitative estimate of drug-likeness (QED) is 0.192. The van der Waals surface area contributed by atoms with Gasteiger partial charge < -0.3 is 39.5 Å². The third kappa shape index (κ3) is 6.56. The lowest BCUT2D eigenvalue weighted by Crippen LogP contribution is -2.46. The second-order valence-corrected chi connectivity index (χ2v) is 13.4. The summed E-state index contributed by atoms with van der Waals surface area (Å²) in [5.74, 6) is 2.13. The second kappa shape index (κ2) is 14.3. The molecule has 0 bridgehead atoms. The van der Waals surface area contributed by atoms with Crippen LogP contribution in [-0.2, 0) is 29.0 Å². The summed E-state index contributed by atoms with van der Waals surface area (Å²) < 4.78 is 22.8. The summed E-state index contributed by atoms with van der Waals surface area (Å²) in [6.07, 6.45) is 2.38. The van der Waals surface area contributed by atoms with Gasteiger partial charge in [-0.05, 0) is 78.3 Å². The summed E-state index contributed by atoms with van der Waals surface area (Å²) in [6, 6.07) is 12.0. The Morgan fingerprint density at radius 1 is 0.960 bits per heavy atom. The first kappa shape index (κ1) is 34.7. The zero-order chi connectivity index (χ0) is 35.7. The number of H-pyrrole nitrogens is 1. The van der Waals surface area contributed by atoms with Gasteiger partial charge in [-0.15, -0.1) is 0 Å².